The van der Waals surface area contributed by atoms with Crippen LogP contribution in [0.2, 0.25) is 0 Å². The van der Waals surface area contributed by atoms with Gasteiger partial charge in [0, 0.05) is 21.8 Å². The molecule has 1 amide bonds. The van der Waals surface area contributed by atoms with Crippen molar-refractivity contribution in [3.63, 3.8) is 0 Å². The molecule has 116 valence electrons. The van der Waals surface area contributed by atoms with Crippen LogP contribution in [0.25, 0.3) is 0 Å². The Labute approximate surface area is 139 Å². The molecule has 1 heterocycles. The molecule has 5 heteroatoms. The van der Waals surface area contributed by atoms with Crippen molar-refractivity contribution in [2.75, 3.05) is 25.4 Å². The average Bonchev–Trinajstić information content (AvgIpc) is 2.53. The van der Waals surface area contributed by atoms with Crippen LogP contribution in [-0.2, 0) is 4.79 Å². The van der Waals surface area contributed by atoms with Gasteiger partial charge in [-0.2, -0.15) is 0 Å². The van der Waals surface area contributed by atoms with Crippen molar-refractivity contribution < 1.29 is 4.79 Å². The summed E-state index contributed by atoms with van der Waals surface area (Å²) < 4.78 is 1.16. The van der Waals surface area contributed by atoms with Gasteiger partial charge in [0.05, 0.1) is 0 Å². The summed E-state index contributed by atoms with van der Waals surface area (Å²) in [5.74, 6) is 1.56. The molecule has 0 radical (unpaired) electrons. The average molecular weight is 371 g/mol. The molecule has 1 fully saturated rings. The van der Waals surface area contributed by atoms with Crippen molar-refractivity contribution in [2.45, 2.75) is 30.6 Å². The third-order valence-electron chi connectivity index (χ3n) is 3.67. The molecule has 0 aromatic heterocycles. The first-order valence-electron chi connectivity index (χ1n) is 7.63. The summed E-state index contributed by atoms with van der Waals surface area (Å²) in [6.45, 7) is 2.75. The Morgan fingerprint density at radius 1 is 1.29 bits per heavy atom. The van der Waals surface area contributed by atoms with Crippen LogP contribution in [-0.4, -0.2) is 31.3 Å². The van der Waals surface area contributed by atoms with E-state index in [4.69, 9.17) is 0 Å². The first-order chi connectivity index (χ1) is 10.3. The topological polar surface area (TPSA) is 41.1 Å². The second-order valence-corrected chi connectivity index (χ2v) is 7.29. The van der Waals surface area contributed by atoms with Crippen LogP contribution in [0.1, 0.15) is 25.7 Å². The molecule has 0 bridgehead atoms. The first kappa shape index (κ1) is 16.8. The van der Waals surface area contributed by atoms with E-state index in [1.54, 1.807) is 0 Å². The number of thioether (sulfide) groups is 1. The van der Waals surface area contributed by atoms with Gasteiger partial charge in [-0.05, 0) is 72.6 Å². The molecule has 0 spiro atoms. The summed E-state index contributed by atoms with van der Waals surface area (Å²) in [6, 6.07) is 8.30. The number of unbranched alkanes of at least 4 members (excludes halogenated alkanes) is 1. The van der Waals surface area contributed by atoms with E-state index in [2.05, 4.69) is 44.8 Å². The third-order valence-corrected chi connectivity index (χ3v) is 5.79. The third kappa shape index (κ3) is 6.01. The van der Waals surface area contributed by atoms with Crippen LogP contribution in [0.15, 0.2) is 33.6 Å². The lowest BCUT2D eigenvalue weighted by Gasteiger charge is -2.21. The normalized spacial score (nSPS) is 15.9. The lowest BCUT2D eigenvalue weighted by atomic mass is 9.97. The van der Waals surface area contributed by atoms with Gasteiger partial charge >= 0.3 is 0 Å². The second-order valence-electron chi connectivity index (χ2n) is 5.30. The molecular formula is C16H23BrN2OS. The number of carbonyl (C=O) groups excluding carboxylic acids is 1. The molecular weight excluding hydrogens is 348 g/mol. The van der Waals surface area contributed by atoms with E-state index < -0.39 is 0 Å². The fourth-order valence-corrected chi connectivity index (χ4v) is 3.99. The lowest BCUT2D eigenvalue weighted by Crippen LogP contribution is -2.38. The standard InChI is InChI=1S/C16H23BrN2OS/c17-14-5-1-2-6-15(14)21-12-4-3-9-19-16(20)13-7-10-18-11-8-13/h1-2,5-6,13,18H,3-4,7-12H2,(H,19,20). The van der Waals surface area contributed by atoms with Gasteiger partial charge in [0.2, 0.25) is 5.91 Å². The summed E-state index contributed by atoms with van der Waals surface area (Å²) in [5.41, 5.74) is 0. The van der Waals surface area contributed by atoms with E-state index in [0.717, 1.165) is 55.5 Å². The minimum atomic E-state index is 0.223. The monoisotopic (exact) mass is 370 g/mol. The fourth-order valence-electron chi connectivity index (χ4n) is 2.41. The molecule has 0 atom stereocenters. The van der Waals surface area contributed by atoms with Gasteiger partial charge in [0.25, 0.3) is 0 Å². The number of amides is 1. The quantitative estimate of drug-likeness (QED) is 0.570. The highest BCUT2D eigenvalue weighted by Gasteiger charge is 2.19. The second kappa shape index (κ2) is 9.49. The SMILES string of the molecule is O=C(NCCCCSc1ccccc1Br)C1CCNCC1. The zero-order valence-electron chi connectivity index (χ0n) is 12.2. The molecule has 21 heavy (non-hydrogen) atoms. The molecule has 0 saturated carbocycles. The highest BCUT2D eigenvalue weighted by Crippen LogP contribution is 2.27. The van der Waals surface area contributed by atoms with E-state index in [-0.39, 0.29) is 11.8 Å². The molecule has 3 nitrogen and oxygen atoms in total. The molecule has 1 aromatic rings. The Kier molecular flexibility index (Phi) is 7.61. The molecule has 2 rings (SSSR count). The number of benzene rings is 1. The fraction of sp³-hybridized carbons (Fsp3) is 0.562. The van der Waals surface area contributed by atoms with Crippen LogP contribution >= 0.6 is 27.7 Å². The molecule has 1 aromatic carbocycles. The van der Waals surface area contributed by atoms with Gasteiger partial charge in [-0.25, -0.2) is 0 Å². The highest BCUT2D eigenvalue weighted by molar-refractivity contribution is 9.10. The molecule has 2 N–H and O–H groups in total. The van der Waals surface area contributed by atoms with E-state index in [1.807, 2.05) is 17.8 Å². The maximum Gasteiger partial charge on any atom is 0.223 e. The maximum absolute atomic E-state index is 11.9. The van der Waals surface area contributed by atoms with Gasteiger partial charge in [-0.3, -0.25) is 4.79 Å². The molecule has 1 saturated heterocycles. The zero-order valence-corrected chi connectivity index (χ0v) is 14.6. The van der Waals surface area contributed by atoms with Crippen LogP contribution in [0, 0.1) is 5.92 Å². The first-order valence-corrected chi connectivity index (χ1v) is 9.41. The van der Waals surface area contributed by atoms with E-state index >= 15 is 0 Å². The van der Waals surface area contributed by atoms with Crippen molar-refractivity contribution in [1.82, 2.24) is 10.6 Å². The number of carbonyl (C=O) groups is 1. The summed E-state index contributed by atoms with van der Waals surface area (Å²) >= 11 is 5.43. The van der Waals surface area contributed by atoms with Crippen LogP contribution in [0.4, 0.5) is 0 Å². The van der Waals surface area contributed by atoms with Crippen molar-refractivity contribution in [1.29, 1.82) is 0 Å². The molecule has 0 unspecified atom stereocenters. The number of piperidine rings is 1. The predicted octanol–water partition coefficient (Wildman–Crippen LogP) is 3.44. The van der Waals surface area contributed by atoms with Crippen molar-refractivity contribution in [2.24, 2.45) is 5.92 Å². The summed E-state index contributed by atoms with van der Waals surface area (Å²) in [6.07, 6.45) is 4.13. The van der Waals surface area contributed by atoms with Gasteiger partial charge in [-0.1, -0.05) is 12.1 Å². The van der Waals surface area contributed by atoms with Gasteiger partial charge < -0.3 is 10.6 Å². The van der Waals surface area contributed by atoms with Crippen LogP contribution in [0.5, 0.6) is 0 Å². The molecule has 0 aliphatic carbocycles. The predicted molar refractivity (Wildman–Crippen MR) is 92.7 cm³/mol. The van der Waals surface area contributed by atoms with Crippen molar-refractivity contribution in [3.8, 4) is 0 Å². The number of hydrogen-bond donors (Lipinski definition) is 2. The zero-order chi connectivity index (χ0) is 14.9. The number of nitrogens with one attached hydrogen (secondary N) is 2. The smallest absolute Gasteiger partial charge is 0.223 e. The van der Waals surface area contributed by atoms with Crippen molar-refractivity contribution in [3.05, 3.63) is 28.7 Å². The Balaban J connectivity index is 1.54. The largest absolute Gasteiger partial charge is 0.356 e. The Bertz CT molecular complexity index is 450. The lowest BCUT2D eigenvalue weighted by molar-refractivity contribution is -0.125. The Morgan fingerprint density at radius 2 is 2.05 bits per heavy atom. The van der Waals surface area contributed by atoms with E-state index in [9.17, 15) is 4.79 Å². The van der Waals surface area contributed by atoms with E-state index in [0.29, 0.717) is 0 Å². The van der Waals surface area contributed by atoms with Crippen LogP contribution in [0.3, 0.4) is 0 Å². The number of hydrogen-bond acceptors (Lipinski definition) is 3. The molecule has 1 aliphatic rings. The number of rotatable bonds is 7. The van der Waals surface area contributed by atoms with E-state index in [1.165, 1.54) is 4.90 Å². The van der Waals surface area contributed by atoms with Gasteiger partial charge in [0.1, 0.15) is 0 Å². The highest BCUT2D eigenvalue weighted by atomic mass is 79.9. The molecule has 1 aliphatic heterocycles. The van der Waals surface area contributed by atoms with Crippen LogP contribution < -0.4 is 10.6 Å². The Hall–Kier alpha value is -0.520. The summed E-state index contributed by atoms with van der Waals surface area (Å²) in [5, 5.41) is 6.36. The van der Waals surface area contributed by atoms with Crippen molar-refractivity contribution >= 4 is 33.6 Å². The van der Waals surface area contributed by atoms with Gasteiger partial charge in [0.15, 0.2) is 0 Å². The minimum absolute atomic E-state index is 0.223. The summed E-state index contributed by atoms with van der Waals surface area (Å²) in [4.78, 5) is 13.2. The van der Waals surface area contributed by atoms with Gasteiger partial charge in [-0.15, -0.1) is 11.8 Å². The number of halogens is 1. The maximum atomic E-state index is 11.9. The minimum Gasteiger partial charge on any atom is -0.356 e. The summed E-state index contributed by atoms with van der Waals surface area (Å²) in [7, 11) is 0. The Morgan fingerprint density at radius 3 is 2.81 bits per heavy atom.